The van der Waals surface area contributed by atoms with E-state index >= 15 is 0 Å². The maximum Gasteiger partial charge on any atom is 0.268 e. The minimum absolute atomic E-state index is 0.0269. The molecule has 0 radical (unpaired) electrons. The minimum atomic E-state index is -2.57. The number of nitrogens with one attached hydrogen (secondary N) is 2. The second-order valence-electron chi connectivity index (χ2n) is 8.04. The van der Waals surface area contributed by atoms with Gasteiger partial charge in [-0.25, -0.2) is 18.5 Å². The third-order valence-corrected chi connectivity index (χ3v) is 5.95. The van der Waals surface area contributed by atoms with Crippen LogP contribution in [0.2, 0.25) is 5.02 Å². The molecule has 1 unspecified atom stereocenters. The average Bonchev–Trinajstić information content (AvgIpc) is 2.81. The molecule has 12 heteroatoms. The Kier molecular flexibility index (Phi) is 7.65. The van der Waals surface area contributed by atoms with E-state index in [9.17, 15) is 18.7 Å². The highest BCUT2D eigenvalue weighted by Gasteiger charge is 2.24. The number of hydrogen-bond acceptors (Lipinski definition) is 7. The fourth-order valence-corrected chi connectivity index (χ4v) is 4.17. The van der Waals surface area contributed by atoms with E-state index in [-0.39, 0.29) is 35.5 Å². The largest absolute Gasteiger partial charge is 0.508 e. The summed E-state index contributed by atoms with van der Waals surface area (Å²) in [5.41, 5.74) is 2.08. The monoisotopic (exact) mass is 526 g/mol. The van der Waals surface area contributed by atoms with Crippen LogP contribution in [0, 0.1) is 0 Å². The molecule has 4 aromatic rings. The zero-order valence-corrected chi connectivity index (χ0v) is 20.9. The number of nitrogens with zero attached hydrogens (tertiary/aromatic N) is 4. The van der Waals surface area contributed by atoms with E-state index in [4.69, 9.17) is 11.6 Å². The smallest absolute Gasteiger partial charge is 0.268 e. The first-order valence-corrected chi connectivity index (χ1v) is 12.1. The van der Waals surface area contributed by atoms with Crippen molar-refractivity contribution in [3.63, 3.8) is 0 Å². The number of hydrogen-bond donors (Lipinski definition) is 4. The van der Waals surface area contributed by atoms with Gasteiger partial charge in [-0.1, -0.05) is 29.8 Å². The third-order valence-electron chi connectivity index (χ3n) is 4.93. The lowest BCUT2D eigenvalue weighted by Crippen LogP contribution is -2.27. The number of anilines is 5. The van der Waals surface area contributed by atoms with E-state index in [1.54, 1.807) is 67.5 Å². The molecule has 10 nitrogen and oxygen atoms in total. The second-order valence-corrected chi connectivity index (χ2v) is 9.27. The molecular formula is C24H23ClN6O4S. The van der Waals surface area contributed by atoms with Gasteiger partial charge in [0.25, 0.3) is 11.3 Å². The van der Waals surface area contributed by atoms with Crippen LogP contribution >= 0.6 is 11.6 Å². The van der Waals surface area contributed by atoms with Gasteiger partial charge in [-0.15, -0.1) is 0 Å². The molecule has 36 heavy (non-hydrogen) atoms. The number of aromatic nitrogens is 2. The molecule has 1 atom stereocenters. The van der Waals surface area contributed by atoms with Crippen LogP contribution in [0.5, 0.6) is 5.75 Å². The molecule has 1 aromatic heterocycles. The van der Waals surface area contributed by atoms with E-state index in [0.717, 1.165) is 4.31 Å². The highest BCUT2D eigenvalue weighted by atomic mass is 35.5. The van der Waals surface area contributed by atoms with Crippen LogP contribution in [0.4, 0.5) is 28.7 Å². The maximum absolute atomic E-state index is 12.6. The average molecular weight is 527 g/mol. The normalized spacial score (nSPS) is 11.9. The van der Waals surface area contributed by atoms with Crippen LogP contribution in [-0.4, -0.2) is 55.3 Å². The molecule has 0 bridgehead atoms. The molecule has 0 aliphatic carbocycles. The zero-order chi connectivity index (χ0) is 25.8. The number of phenols is 1. The van der Waals surface area contributed by atoms with Crippen molar-refractivity contribution in [1.82, 2.24) is 14.9 Å². The highest BCUT2D eigenvalue weighted by Crippen LogP contribution is 2.36. The van der Waals surface area contributed by atoms with Gasteiger partial charge in [-0.05, 0) is 56.6 Å². The predicted octanol–water partition coefficient (Wildman–Crippen LogP) is 4.51. The summed E-state index contributed by atoms with van der Waals surface area (Å²) in [4.78, 5) is 23.2. The van der Waals surface area contributed by atoms with E-state index < -0.39 is 11.3 Å². The Morgan fingerprint density at radius 1 is 1.03 bits per heavy atom. The number of carbonyl (C=O) groups is 1. The van der Waals surface area contributed by atoms with Crippen molar-refractivity contribution < 1.29 is 18.7 Å². The van der Waals surface area contributed by atoms with Gasteiger partial charge in [0.15, 0.2) is 11.6 Å². The number of carbonyl (C=O) groups excluding carboxylic acids is 1. The summed E-state index contributed by atoms with van der Waals surface area (Å²) in [6, 6.07) is 17.9. The standard InChI is InChI=1S/C24H23ClN6O4S/c1-30(2)14-22(33)26-15-6-5-7-16(12-15)31(36(34)35)24-23(27-19-8-3-4-9-20(19)29-24)28-21-13-17(32)10-11-18(21)25/h3-13,32H,14H2,1-2H3,(H,26,33)(H,27,28)(H,34,35). The summed E-state index contributed by atoms with van der Waals surface area (Å²) < 4.78 is 24.0. The Hall–Kier alpha value is -3.77. The number of fused-ring (bicyclic) bond motifs is 1. The van der Waals surface area contributed by atoms with Gasteiger partial charge in [0, 0.05) is 11.8 Å². The lowest BCUT2D eigenvalue weighted by molar-refractivity contribution is -0.116. The van der Waals surface area contributed by atoms with E-state index in [2.05, 4.69) is 20.6 Å². The molecule has 4 N–H and O–H groups in total. The number of aromatic hydroxyl groups is 1. The quantitative estimate of drug-likeness (QED) is 0.247. The number of para-hydroxylation sites is 2. The summed E-state index contributed by atoms with van der Waals surface area (Å²) in [6.07, 6.45) is 0. The molecule has 186 valence electrons. The number of benzene rings is 3. The van der Waals surface area contributed by atoms with Crippen molar-refractivity contribution in [3.05, 3.63) is 71.8 Å². The Bertz CT molecular complexity index is 1450. The molecule has 0 aliphatic rings. The number of amides is 1. The van der Waals surface area contributed by atoms with Crippen LogP contribution in [0.1, 0.15) is 0 Å². The number of halogens is 1. The van der Waals surface area contributed by atoms with Gasteiger partial charge in [0.1, 0.15) is 5.75 Å². The summed E-state index contributed by atoms with van der Waals surface area (Å²) in [6.45, 7) is 0.175. The van der Waals surface area contributed by atoms with Crippen LogP contribution in [0.25, 0.3) is 11.0 Å². The van der Waals surface area contributed by atoms with Gasteiger partial charge in [0.2, 0.25) is 5.91 Å². The molecule has 0 aliphatic heterocycles. The van der Waals surface area contributed by atoms with Gasteiger partial charge < -0.3 is 20.6 Å². The van der Waals surface area contributed by atoms with Crippen molar-refractivity contribution >= 4 is 68.5 Å². The first kappa shape index (κ1) is 25.3. The number of rotatable bonds is 8. The molecule has 0 saturated heterocycles. The van der Waals surface area contributed by atoms with Crippen molar-refractivity contribution in [1.29, 1.82) is 0 Å². The summed E-state index contributed by atoms with van der Waals surface area (Å²) in [5.74, 6) is -0.0995. The van der Waals surface area contributed by atoms with E-state index in [1.807, 2.05) is 0 Å². The Labute approximate surface area is 215 Å². The van der Waals surface area contributed by atoms with E-state index in [0.29, 0.717) is 27.4 Å². The van der Waals surface area contributed by atoms with Crippen LogP contribution in [0.3, 0.4) is 0 Å². The first-order chi connectivity index (χ1) is 17.2. The summed E-state index contributed by atoms with van der Waals surface area (Å²) in [7, 11) is 3.55. The van der Waals surface area contributed by atoms with Gasteiger partial charge >= 0.3 is 0 Å². The summed E-state index contributed by atoms with van der Waals surface area (Å²) in [5, 5.41) is 16.0. The first-order valence-electron chi connectivity index (χ1n) is 10.7. The Morgan fingerprint density at radius 3 is 2.44 bits per heavy atom. The summed E-state index contributed by atoms with van der Waals surface area (Å²) >= 11 is 3.72. The fourth-order valence-electron chi connectivity index (χ4n) is 3.44. The zero-order valence-electron chi connectivity index (χ0n) is 19.3. The van der Waals surface area contributed by atoms with Gasteiger partial charge in [-0.2, -0.15) is 0 Å². The number of likely N-dealkylation sites (N-methyl/N-ethyl adjacent to an activating group) is 1. The van der Waals surface area contributed by atoms with Crippen molar-refractivity contribution in [2.45, 2.75) is 0 Å². The molecule has 0 fully saturated rings. The lowest BCUT2D eigenvalue weighted by Gasteiger charge is -2.23. The second kappa shape index (κ2) is 10.9. The molecule has 1 amide bonds. The molecule has 4 rings (SSSR count). The molecule has 0 saturated carbocycles. The fraction of sp³-hybridized carbons (Fsp3) is 0.125. The van der Waals surface area contributed by atoms with Crippen molar-refractivity contribution in [2.75, 3.05) is 35.6 Å². The Morgan fingerprint density at radius 2 is 1.75 bits per heavy atom. The maximum atomic E-state index is 12.6. The van der Waals surface area contributed by atoms with Crippen LogP contribution in [0.15, 0.2) is 66.7 Å². The molecule has 1 heterocycles. The SMILES string of the molecule is CN(C)CC(=O)Nc1cccc(N(c2nc3ccccc3nc2Nc2cc(O)ccc2Cl)S(=O)O)c1. The highest BCUT2D eigenvalue weighted by molar-refractivity contribution is 7.81. The van der Waals surface area contributed by atoms with Gasteiger partial charge in [0.05, 0.1) is 34.0 Å². The third kappa shape index (κ3) is 5.89. The lowest BCUT2D eigenvalue weighted by atomic mass is 10.2. The minimum Gasteiger partial charge on any atom is -0.508 e. The van der Waals surface area contributed by atoms with Crippen LogP contribution in [-0.2, 0) is 16.1 Å². The Balaban J connectivity index is 1.81. The van der Waals surface area contributed by atoms with Gasteiger partial charge in [-0.3, -0.25) is 9.35 Å². The predicted molar refractivity (Wildman–Crippen MR) is 142 cm³/mol. The number of phenolic OH excluding ortho intramolecular Hbond substituents is 1. The molecular weight excluding hydrogens is 504 g/mol. The molecule has 3 aromatic carbocycles. The van der Waals surface area contributed by atoms with Crippen molar-refractivity contribution in [2.24, 2.45) is 0 Å². The van der Waals surface area contributed by atoms with E-state index in [1.165, 1.54) is 18.2 Å². The topological polar surface area (TPSA) is 131 Å². The van der Waals surface area contributed by atoms with Crippen LogP contribution < -0.4 is 14.9 Å². The molecule has 0 spiro atoms. The van der Waals surface area contributed by atoms with Crippen molar-refractivity contribution in [3.8, 4) is 5.75 Å².